The lowest BCUT2D eigenvalue weighted by Crippen LogP contribution is -1.97. The van der Waals surface area contributed by atoms with E-state index in [9.17, 15) is 10.1 Å². The number of halogens is 2. The van der Waals surface area contributed by atoms with Crippen LogP contribution in [-0.4, -0.2) is 4.92 Å². The zero-order valence-electron chi connectivity index (χ0n) is 9.68. The third-order valence-corrected chi connectivity index (χ3v) is 3.81. The molecule has 0 aliphatic heterocycles. The summed E-state index contributed by atoms with van der Waals surface area (Å²) in [6.45, 7) is 0.372. The quantitative estimate of drug-likeness (QED) is 0.404. The summed E-state index contributed by atoms with van der Waals surface area (Å²) >= 11 is 5.55. The predicted molar refractivity (Wildman–Crippen MR) is 84.3 cm³/mol. The number of nitro benzene ring substituents is 1. The number of rotatable bonds is 4. The first kappa shape index (κ1) is 14.3. The van der Waals surface area contributed by atoms with Crippen LogP contribution in [0.5, 0.6) is 5.75 Å². The van der Waals surface area contributed by atoms with Gasteiger partial charge in [-0.3, -0.25) is 10.1 Å². The van der Waals surface area contributed by atoms with Crippen LogP contribution in [0.3, 0.4) is 0 Å². The van der Waals surface area contributed by atoms with Gasteiger partial charge in [0, 0.05) is 9.64 Å². The Bertz CT molecular complexity index is 601. The van der Waals surface area contributed by atoms with E-state index in [2.05, 4.69) is 38.5 Å². The molecule has 0 radical (unpaired) electrons. The first-order chi connectivity index (χ1) is 9.06. The van der Waals surface area contributed by atoms with Gasteiger partial charge in [-0.1, -0.05) is 12.1 Å². The second kappa shape index (κ2) is 6.33. The Balaban J connectivity index is 2.12. The molecule has 0 aromatic heterocycles. The highest BCUT2D eigenvalue weighted by Gasteiger charge is 2.10. The first-order valence-electron chi connectivity index (χ1n) is 5.37. The Labute approximate surface area is 132 Å². The molecule has 0 bridgehead atoms. The highest BCUT2D eigenvalue weighted by atomic mass is 127. The summed E-state index contributed by atoms with van der Waals surface area (Å²) in [5, 5.41) is 10.7. The molecule has 2 aromatic carbocycles. The van der Waals surface area contributed by atoms with Gasteiger partial charge < -0.3 is 4.74 Å². The number of benzene rings is 2. The van der Waals surface area contributed by atoms with Gasteiger partial charge in [-0.2, -0.15) is 0 Å². The van der Waals surface area contributed by atoms with Gasteiger partial charge in [-0.05, 0) is 62.3 Å². The predicted octanol–water partition coefficient (Wildman–Crippen LogP) is 4.54. The molecular formula is C13H9BrINO3. The molecule has 98 valence electrons. The fourth-order valence-corrected chi connectivity index (χ4v) is 2.18. The topological polar surface area (TPSA) is 52.4 Å². The molecule has 0 spiro atoms. The summed E-state index contributed by atoms with van der Waals surface area (Å²) in [5.41, 5.74) is 1.03. The molecule has 2 rings (SSSR count). The maximum atomic E-state index is 10.7. The number of nitro groups is 1. The van der Waals surface area contributed by atoms with E-state index in [0.717, 1.165) is 9.13 Å². The third kappa shape index (κ3) is 3.90. The van der Waals surface area contributed by atoms with E-state index < -0.39 is 4.92 Å². The average Bonchev–Trinajstić information content (AvgIpc) is 2.39. The number of hydrogen-bond acceptors (Lipinski definition) is 3. The Kier molecular flexibility index (Phi) is 4.76. The maximum absolute atomic E-state index is 10.7. The van der Waals surface area contributed by atoms with Gasteiger partial charge in [0.2, 0.25) is 0 Å². The van der Waals surface area contributed by atoms with Crippen LogP contribution in [-0.2, 0) is 6.61 Å². The number of nitrogens with zero attached hydrogens (tertiary/aromatic N) is 1. The summed E-state index contributed by atoms with van der Waals surface area (Å²) in [4.78, 5) is 10.3. The Hall–Kier alpha value is -1.15. The van der Waals surface area contributed by atoms with Crippen molar-refractivity contribution >= 4 is 44.2 Å². The molecule has 2 aromatic rings. The zero-order chi connectivity index (χ0) is 13.8. The first-order valence-corrected chi connectivity index (χ1v) is 7.24. The van der Waals surface area contributed by atoms with E-state index in [1.807, 2.05) is 24.3 Å². The van der Waals surface area contributed by atoms with Crippen molar-refractivity contribution < 1.29 is 9.66 Å². The summed E-state index contributed by atoms with van der Waals surface area (Å²) in [5.74, 6) is 0.466. The average molecular weight is 434 g/mol. The van der Waals surface area contributed by atoms with E-state index in [4.69, 9.17) is 4.74 Å². The summed E-state index contributed by atoms with van der Waals surface area (Å²) in [7, 11) is 0. The molecule has 0 atom stereocenters. The Morgan fingerprint density at radius 3 is 2.53 bits per heavy atom. The number of hydrogen-bond donors (Lipinski definition) is 0. The molecule has 4 nitrogen and oxygen atoms in total. The fourth-order valence-electron chi connectivity index (χ4n) is 1.46. The van der Waals surface area contributed by atoms with Crippen LogP contribution in [0.1, 0.15) is 5.56 Å². The Morgan fingerprint density at radius 1 is 1.21 bits per heavy atom. The van der Waals surface area contributed by atoms with Crippen LogP contribution < -0.4 is 4.74 Å². The van der Waals surface area contributed by atoms with Gasteiger partial charge in [0.25, 0.3) is 5.69 Å². The minimum Gasteiger partial charge on any atom is -0.487 e. The van der Waals surface area contributed by atoms with Gasteiger partial charge in [-0.15, -0.1) is 0 Å². The maximum Gasteiger partial charge on any atom is 0.273 e. The normalized spacial score (nSPS) is 10.2. The van der Waals surface area contributed by atoms with E-state index in [1.54, 1.807) is 6.07 Å². The van der Waals surface area contributed by atoms with Crippen molar-refractivity contribution in [2.45, 2.75) is 6.61 Å². The van der Waals surface area contributed by atoms with Crippen molar-refractivity contribution in [1.29, 1.82) is 0 Å². The molecule has 0 aliphatic carbocycles. The minimum atomic E-state index is -0.440. The lowest BCUT2D eigenvalue weighted by atomic mass is 10.2. The van der Waals surface area contributed by atoms with Gasteiger partial charge in [0.1, 0.15) is 12.4 Å². The highest BCUT2D eigenvalue weighted by molar-refractivity contribution is 14.1. The van der Waals surface area contributed by atoms with Gasteiger partial charge in [-0.25, -0.2) is 0 Å². The molecular weight excluding hydrogens is 425 g/mol. The van der Waals surface area contributed by atoms with Crippen molar-refractivity contribution in [3.05, 3.63) is 66.2 Å². The summed E-state index contributed by atoms with van der Waals surface area (Å²) in [6.07, 6.45) is 0. The van der Waals surface area contributed by atoms with Gasteiger partial charge >= 0.3 is 0 Å². The van der Waals surface area contributed by atoms with Crippen LogP contribution in [0.4, 0.5) is 5.69 Å². The highest BCUT2D eigenvalue weighted by Crippen LogP contribution is 2.29. The third-order valence-electron chi connectivity index (χ3n) is 2.43. The van der Waals surface area contributed by atoms with E-state index in [-0.39, 0.29) is 5.69 Å². The van der Waals surface area contributed by atoms with E-state index in [0.29, 0.717) is 16.8 Å². The van der Waals surface area contributed by atoms with Gasteiger partial charge in [0.05, 0.1) is 15.5 Å². The molecule has 0 N–H and O–H groups in total. The van der Waals surface area contributed by atoms with Crippen LogP contribution in [0.15, 0.2) is 46.9 Å². The minimum absolute atomic E-state index is 0.0146. The molecule has 0 unspecified atom stereocenters. The van der Waals surface area contributed by atoms with E-state index in [1.165, 1.54) is 12.1 Å². The van der Waals surface area contributed by atoms with Gasteiger partial charge in [0.15, 0.2) is 0 Å². The van der Waals surface area contributed by atoms with Crippen molar-refractivity contribution in [1.82, 2.24) is 0 Å². The monoisotopic (exact) mass is 433 g/mol. The molecule has 0 saturated carbocycles. The van der Waals surface area contributed by atoms with Crippen LogP contribution in [0.25, 0.3) is 0 Å². The molecule has 0 amide bonds. The molecule has 0 saturated heterocycles. The van der Waals surface area contributed by atoms with Crippen LogP contribution in [0, 0.1) is 13.7 Å². The summed E-state index contributed by atoms with van der Waals surface area (Å²) in [6, 6.07) is 12.4. The Morgan fingerprint density at radius 2 is 1.89 bits per heavy atom. The second-order valence-electron chi connectivity index (χ2n) is 3.79. The fraction of sp³-hybridized carbons (Fsp3) is 0.0769. The SMILES string of the molecule is O=[N+]([O-])c1ccc(Br)c(OCc2ccc(I)cc2)c1. The summed E-state index contributed by atoms with van der Waals surface area (Å²) < 4.78 is 7.45. The smallest absolute Gasteiger partial charge is 0.273 e. The zero-order valence-corrected chi connectivity index (χ0v) is 13.4. The van der Waals surface area contributed by atoms with Crippen molar-refractivity contribution in [2.24, 2.45) is 0 Å². The molecule has 19 heavy (non-hydrogen) atoms. The van der Waals surface area contributed by atoms with Crippen molar-refractivity contribution in [2.75, 3.05) is 0 Å². The second-order valence-corrected chi connectivity index (χ2v) is 5.89. The largest absolute Gasteiger partial charge is 0.487 e. The molecule has 6 heteroatoms. The lowest BCUT2D eigenvalue weighted by Gasteiger charge is -2.08. The number of non-ortho nitro benzene ring substituents is 1. The van der Waals surface area contributed by atoms with Crippen LogP contribution >= 0.6 is 38.5 Å². The molecule has 0 fully saturated rings. The van der Waals surface area contributed by atoms with Crippen LogP contribution in [0.2, 0.25) is 0 Å². The molecule has 0 aliphatic rings. The lowest BCUT2D eigenvalue weighted by molar-refractivity contribution is -0.385. The van der Waals surface area contributed by atoms with Crippen molar-refractivity contribution in [3.8, 4) is 5.75 Å². The van der Waals surface area contributed by atoms with E-state index >= 15 is 0 Å². The molecule has 0 heterocycles. The standard InChI is InChI=1S/C13H9BrINO3/c14-12-6-5-11(16(17)18)7-13(12)19-8-9-1-3-10(15)4-2-9/h1-7H,8H2. The van der Waals surface area contributed by atoms with Crippen molar-refractivity contribution in [3.63, 3.8) is 0 Å². The number of ether oxygens (including phenoxy) is 1.